The van der Waals surface area contributed by atoms with E-state index >= 15 is 0 Å². The second-order valence-electron chi connectivity index (χ2n) is 23.9. The summed E-state index contributed by atoms with van der Waals surface area (Å²) >= 11 is 0. The van der Waals surface area contributed by atoms with E-state index in [1.54, 1.807) is 12.2 Å². The van der Waals surface area contributed by atoms with Crippen molar-refractivity contribution in [1.29, 1.82) is 0 Å². The summed E-state index contributed by atoms with van der Waals surface area (Å²) in [7, 11) is 0. The fraction of sp³-hybridized carbons (Fsp3) is 0.809. The first-order valence-electron chi connectivity index (χ1n) is 33.7. The molecule has 0 radical (unpaired) electrons. The smallest absolute Gasteiger partial charge is 0.224 e. The molecule has 3 aliphatic rings. The molecule has 19 nitrogen and oxygen atoms in total. The van der Waals surface area contributed by atoms with Gasteiger partial charge < -0.3 is 89.9 Å². The predicted molar refractivity (Wildman–Crippen MR) is 337 cm³/mol. The molecule has 0 aromatic carbocycles. The van der Waals surface area contributed by atoms with E-state index < -0.39 is 137 Å². The predicted octanol–water partition coefficient (Wildman–Crippen LogP) is 8.16. The maximum Gasteiger partial charge on any atom is 0.224 e. The number of hydrogen-bond donors (Lipinski definition) is 12. The molecule has 0 saturated carbocycles. The zero-order valence-electron chi connectivity index (χ0n) is 53.0. The van der Waals surface area contributed by atoms with Gasteiger partial charge in [-0.3, -0.25) is 4.79 Å². The Morgan fingerprint density at radius 2 is 0.782 bits per heavy atom. The second kappa shape index (κ2) is 49.9. The van der Waals surface area contributed by atoms with Crippen molar-refractivity contribution in [2.45, 2.75) is 324 Å². The van der Waals surface area contributed by atoms with Gasteiger partial charge in [-0.1, -0.05) is 241 Å². The lowest BCUT2D eigenvalue weighted by Crippen LogP contribution is -2.66. The van der Waals surface area contributed by atoms with Crippen molar-refractivity contribution >= 4 is 5.91 Å². The van der Waals surface area contributed by atoms with Crippen LogP contribution in [0.15, 0.2) is 72.9 Å². The van der Waals surface area contributed by atoms with Crippen LogP contribution in [0.1, 0.15) is 219 Å². The van der Waals surface area contributed by atoms with Gasteiger partial charge in [-0.2, -0.15) is 0 Å². The molecule has 19 heteroatoms. The van der Waals surface area contributed by atoms with Crippen molar-refractivity contribution in [2.75, 3.05) is 26.4 Å². The van der Waals surface area contributed by atoms with Crippen LogP contribution in [0.4, 0.5) is 0 Å². The van der Waals surface area contributed by atoms with Crippen LogP contribution >= 0.6 is 0 Å². The number of rotatable bonds is 50. The van der Waals surface area contributed by atoms with Gasteiger partial charge >= 0.3 is 0 Å². The maximum atomic E-state index is 13.3. The minimum atomic E-state index is -1.99. The van der Waals surface area contributed by atoms with Crippen LogP contribution in [-0.2, 0) is 33.2 Å². The first kappa shape index (κ1) is 78.5. The van der Waals surface area contributed by atoms with Crippen molar-refractivity contribution in [1.82, 2.24) is 5.32 Å². The summed E-state index contributed by atoms with van der Waals surface area (Å²) in [4.78, 5) is 13.3. The van der Waals surface area contributed by atoms with Gasteiger partial charge in [0.05, 0.1) is 38.6 Å². The van der Waals surface area contributed by atoms with Crippen LogP contribution < -0.4 is 5.32 Å². The van der Waals surface area contributed by atoms with E-state index in [1.165, 1.54) is 141 Å². The van der Waals surface area contributed by atoms with Gasteiger partial charge in [-0.15, -0.1) is 0 Å². The molecule has 0 bridgehead atoms. The Balaban J connectivity index is 1.45. The maximum absolute atomic E-state index is 13.3. The second-order valence-corrected chi connectivity index (χ2v) is 23.9. The van der Waals surface area contributed by atoms with Gasteiger partial charge in [0.15, 0.2) is 18.9 Å². The summed E-state index contributed by atoms with van der Waals surface area (Å²) in [6, 6.07) is -1.03. The minimum Gasteiger partial charge on any atom is -0.394 e. The molecule has 17 atom stereocenters. The van der Waals surface area contributed by atoms with Crippen molar-refractivity contribution in [2.24, 2.45) is 0 Å². The van der Waals surface area contributed by atoms with Gasteiger partial charge in [-0.25, -0.2) is 0 Å². The zero-order chi connectivity index (χ0) is 63.3. The van der Waals surface area contributed by atoms with Gasteiger partial charge in [0.25, 0.3) is 0 Å². The molecule has 12 N–H and O–H groups in total. The number of allylic oxidation sites excluding steroid dienone is 10. The van der Waals surface area contributed by atoms with Crippen LogP contribution in [0.25, 0.3) is 0 Å². The highest BCUT2D eigenvalue weighted by molar-refractivity contribution is 5.77. The van der Waals surface area contributed by atoms with E-state index in [1.807, 2.05) is 18.2 Å². The molecule has 3 aliphatic heterocycles. The molecular formula is C68H119NO18. The van der Waals surface area contributed by atoms with Crippen LogP contribution in [0.2, 0.25) is 0 Å². The molecule has 1 amide bonds. The highest BCUT2D eigenvalue weighted by Gasteiger charge is 2.53. The molecule has 0 spiro atoms. The lowest BCUT2D eigenvalue weighted by Gasteiger charge is -2.48. The fourth-order valence-corrected chi connectivity index (χ4v) is 11.1. The Bertz CT molecular complexity index is 1860. The molecule has 3 heterocycles. The Kier molecular flexibility index (Phi) is 45.0. The number of hydrogen-bond acceptors (Lipinski definition) is 18. The molecule has 3 rings (SSSR count). The fourth-order valence-electron chi connectivity index (χ4n) is 11.1. The lowest BCUT2D eigenvalue weighted by atomic mass is 9.96. The van der Waals surface area contributed by atoms with E-state index in [-0.39, 0.29) is 6.42 Å². The van der Waals surface area contributed by atoms with Crippen molar-refractivity contribution in [3.63, 3.8) is 0 Å². The summed E-state index contributed by atoms with van der Waals surface area (Å²) < 4.78 is 34.2. The number of nitrogens with one attached hydrogen (secondary N) is 1. The highest BCUT2D eigenvalue weighted by Crippen LogP contribution is 2.33. The molecule has 0 aromatic rings. The molecular weight excluding hydrogens is 1120 g/mol. The third kappa shape index (κ3) is 32.4. The number of carbonyl (C=O) groups excluding carboxylic acids is 1. The molecule has 3 fully saturated rings. The molecule has 3 saturated heterocycles. The molecule has 17 unspecified atom stereocenters. The summed E-state index contributed by atoms with van der Waals surface area (Å²) in [5.41, 5.74) is 0. The van der Waals surface area contributed by atoms with Crippen LogP contribution in [0, 0.1) is 0 Å². The average Bonchev–Trinajstić information content (AvgIpc) is 2.90. The summed E-state index contributed by atoms with van der Waals surface area (Å²) in [5.74, 6) is -0.403. The number of aliphatic hydroxyl groups is 11. The average molecular weight is 1240 g/mol. The third-order valence-corrected chi connectivity index (χ3v) is 16.5. The van der Waals surface area contributed by atoms with Crippen LogP contribution in [0.5, 0.6) is 0 Å². The number of ether oxygens (including phenoxy) is 6. The standard InChI is InChI=1S/C68H119NO18/c1-3-5-7-9-11-13-15-17-19-20-21-22-23-24-25-26-27-28-29-30-32-33-35-37-39-41-43-45-52(73)51(69-56(74)46-44-42-40-38-36-34-31-18-16-14-12-10-8-6-4-2)50-82-66-62(80)59(77)64(54(48-71)84-66)87-68-63(81)60(78)65(55(49-72)85-68)86-67-61(79)58(76)57(75)53(47-70)83-67/h6,8,12,14,18,31,36,38,42-45,51-55,57-68,70-73,75-81H,3-5,7,9-11,13,15-17,19-30,32-35,37,39-41,46-50H2,1-2H3,(H,69,74)/b8-6-,14-12-,31-18-,38-36-,44-42-,45-43+. The Morgan fingerprint density at radius 3 is 1.20 bits per heavy atom. The highest BCUT2D eigenvalue weighted by atomic mass is 16.8. The van der Waals surface area contributed by atoms with Gasteiger partial charge in [-0.05, 0) is 44.9 Å². The van der Waals surface area contributed by atoms with Crippen molar-refractivity contribution in [3.8, 4) is 0 Å². The first-order chi connectivity index (χ1) is 42.3. The zero-order valence-corrected chi connectivity index (χ0v) is 53.0. The quantitative estimate of drug-likeness (QED) is 0.0202. The topological polar surface area (TPSA) is 307 Å². The van der Waals surface area contributed by atoms with E-state index in [9.17, 15) is 61.0 Å². The summed E-state index contributed by atoms with van der Waals surface area (Å²) in [5, 5.41) is 120. The normalized spacial score (nSPS) is 29.0. The lowest BCUT2D eigenvalue weighted by molar-refractivity contribution is -0.379. The Morgan fingerprint density at radius 1 is 0.425 bits per heavy atom. The third-order valence-electron chi connectivity index (χ3n) is 16.5. The number of aliphatic hydroxyl groups excluding tert-OH is 11. The first-order valence-corrected chi connectivity index (χ1v) is 33.7. The molecule has 0 aliphatic carbocycles. The van der Waals surface area contributed by atoms with Gasteiger partial charge in [0.1, 0.15) is 73.2 Å². The van der Waals surface area contributed by atoms with E-state index in [4.69, 9.17) is 28.4 Å². The minimum absolute atomic E-state index is 0.00837. The summed E-state index contributed by atoms with van der Waals surface area (Å²) in [6.07, 6.45) is 35.0. The van der Waals surface area contributed by atoms with E-state index in [0.717, 1.165) is 51.4 Å². The Labute approximate surface area is 521 Å². The molecule has 0 aromatic heterocycles. The number of unbranched alkanes of at least 4 members (excludes halogenated alkanes) is 25. The number of carbonyl (C=O) groups is 1. The molecule has 504 valence electrons. The van der Waals surface area contributed by atoms with Crippen molar-refractivity contribution in [3.05, 3.63) is 72.9 Å². The number of amides is 1. The van der Waals surface area contributed by atoms with Gasteiger partial charge in [0, 0.05) is 6.42 Å². The monoisotopic (exact) mass is 1240 g/mol. The van der Waals surface area contributed by atoms with Crippen LogP contribution in [0.3, 0.4) is 0 Å². The Hall–Kier alpha value is -2.77. The van der Waals surface area contributed by atoms with Gasteiger partial charge in [0.2, 0.25) is 5.91 Å². The van der Waals surface area contributed by atoms with E-state index in [2.05, 4.69) is 61.7 Å². The van der Waals surface area contributed by atoms with E-state index in [0.29, 0.717) is 6.42 Å². The van der Waals surface area contributed by atoms with Crippen molar-refractivity contribution < 1.29 is 89.4 Å². The molecule has 87 heavy (non-hydrogen) atoms. The SMILES string of the molecule is CC/C=C\C/C=C\C/C=C\C/C=C\C/C=C\CC(=O)NC(COC1OC(CO)C(OC2OC(CO)C(OC3OC(CO)C(O)C(O)C3O)C(O)C2O)C(O)C1O)C(O)/C=C/CCCCCCCCCCCCCCCCCCCCCCCCCCC. The van der Waals surface area contributed by atoms with Crippen LogP contribution in [-0.4, -0.2) is 193 Å². The summed E-state index contributed by atoms with van der Waals surface area (Å²) in [6.45, 7) is 1.55. The largest absolute Gasteiger partial charge is 0.394 e.